The molecule has 0 fully saturated rings. The van der Waals surface area contributed by atoms with Gasteiger partial charge < -0.3 is 14.6 Å². The van der Waals surface area contributed by atoms with Gasteiger partial charge in [-0.15, -0.1) is 0 Å². The predicted octanol–water partition coefficient (Wildman–Crippen LogP) is 0.197. The molecule has 0 aromatic carbocycles. The van der Waals surface area contributed by atoms with Crippen molar-refractivity contribution < 1.29 is 24.2 Å². The summed E-state index contributed by atoms with van der Waals surface area (Å²) in [6, 6.07) is 0. The number of aliphatic hydroxyl groups is 1. The Morgan fingerprint density at radius 3 is 2.27 bits per heavy atom. The maximum Gasteiger partial charge on any atom is 0.336 e. The van der Waals surface area contributed by atoms with Crippen LogP contribution in [-0.4, -0.2) is 36.9 Å². The summed E-state index contributed by atoms with van der Waals surface area (Å²) in [5.41, 5.74) is 0.254. The van der Waals surface area contributed by atoms with E-state index in [1.54, 1.807) is 0 Å². The molecule has 0 aliphatic carbocycles. The number of ether oxygens (including phenoxy) is 2. The minimum atomic E-state index is -0.696. The molecule has 84 valence electrons. The molecule has 5 nitrogen and oxygen atoms in total. The summed E-state index contributed by atoms with van der Waals surface area (Å²) < 4.78 is 9.21. The Kier molecular flexibility index (Phi) is 6.05. The van der Waals surface area contributed by atoms with Crippen LogP contribution >= 0.6 is 0 Å². The molecule has 0 spiro atoms. The lowest BCUT2D eigenvalue weighted by Gasteiger charge is -2.06. The molecule has 0 heterocycles. The topological polar surface area (TPSA) is 72.8 Å². The predicted molar refractivity (Wildman–Crippen MR) is 53.0 cm³/mol. The van der Waals surface area contributed by atoms with Crippen LogP contribution in [0.2, 0.25) is 0 Å². The molecule has 0 aliphatic rings. The molecule has 0 aromatic heterocycles. The van der Waals surface area contributed by atoms with Crippen LogP contribution < -0.4 is 0 Å². The average molecular weight is 214 g/mol. The number of carbonyl (C=O) groups is 2. The lowest BCUT2D eigenvalue weighted by atomic mass is 10.3. The zero-order valence-corrected chi connectivity index (χ0v) is 8.62. The number of aliphatic hydroxyl groups excluding tert-OH is 1. The van der Waals surface area contributed by atoms with E-state index in [-0.39, 0.29) is 31.0 Å². The molecular formula is C10H14O5. The van der Waals surface area contributed by atoms with Gasteiger partial charge in [0.1, 0.15) is 13.2 Å². The SMILES string of the molecule is C=C(C)C(=O)OCC(=C)C(=O)OCCO. The van der Waals surface area contributed by atoms with Gasteiger partial charge in [0.2, 0.25) is 0 Å². The number of hydrogen-bond donors (Lipinski definition) is 1. The van der Waals surface area contributed by atoms with E-state index in [1.165, 1.54) is 6.92 Å². The van der Waals surface area contributed by atoms with Crippen LogP contribution in [0.25, 0.3) is 0 Å². The van der Waals surface area contributed by atoms with E-state index in [1.807, 2.05) is 0 Å². The summed E-state index contributed by atoms with van der Waals surface area (Å²) in [6.45, 7) is 7.64. The van der Waals surface area contributed by atoms with Gasteiger partial charge in [0.15, 0.2) is 0 Å². The molecule has 0 radical (unpaired) electrons. The van der Waals surface area contributed by atoms with E-state index in [2.05, 4.69) is 22.6 Å². The maximum atomic E-state index is 11.0. The first-order valence-electron chi connectivity index (χ1n) is 4.27. The first-order chi connectivity index (χ1) is 6.99. The van der Waals surface area contributed by atoms with Crippen molar-refractivity contribution >= 4 is 11.9 Å². The van der Waals surface area contributed by atoms with E-state index >= 15 is 0 Å². The highest BCUT2D eigenvalue weighted by Crippen LogP contribution is 1.99. The first kappa shape index (κ1) is 13.4. The Bertz CT molecular complexity index is 280. The number of hydrogen-bond acceptors (Lipinski definition) is 5. The molecule has 0 unspecified atom stereocenters. The highest BCUT2D eigenvalue weighted by molar-refractivity contribution is 5.90. The largest absolute Gasteiger partial charge is 0.460 e. The molecule has 15 heavy (non-hydrogen) atoms. The number of esters is 2. The van der Waals surface area contributed by atoms with Crippen molar-refractivity contribution in [2.45, 2.75) is 6.92 Å². The fourth-order valence-electron chi connectivity index (χ4n) is 0.575. The third-order valence-electron chi connectivity index (χ3n) is 1.34. The van der Waals surface area contributed by atoms with Gasteiger partial charge in [-0.05, 0) is 6.92 Å². The van der Waals surface area contributed by atoms with Crippen LogP contribution in [0.4, 0.5) is 0 Å². The molecule has 0 atom stereocenters. The maximum absolute atomic E-state index is 11.0. The van der Waals surface area contributed by atoms with Gasteiger partial charge in [0, 0.05) is 5.57 Å². The Labute approximate surface area is 88.0 Å². The molecule has 0 saturated heterocycles. The standard InChI is InChI=1S/C10H14O5/c1-7(2)9(12)15-6-8(3)10(13)14-5-4-11/h11H,1,3-6H2,2H3. The molecule has 0 amide bonds. The summed E-state index contributed by atoms with van der Waals surface area (Å²) in [4.78, 5) is 22.0. The molecule has 5 heteroatoms. The lowest BCUT2D eigenvalue weighted by Crippen LogP contribution is -2.16. The van der Waals surface area contributed by atoms with Crippen LogP contribution in [0.15, 0.2) is 24.3 Å². The highest BCUT2D eigenvalue weighted by atomic mass is 16.6. The van der Waals surface area contributed by atoms with Crippen molar-refractivity contribution in [3.05, 3.63) is 24.3 Å². The van der Waals surface area contributed by atoms with E-state index in [9.17, 15) is 9.59 Å². The van der Waals surface area contributed by atoms with Crippen molar-refractivity contribution in [3.8, 4) is 0 Å². The van der Waals surface area contributed by atoms with Gasteiger partial charge in [-0.2, -0.15) is 0 Å². The van der Waals surface area contributed by atoms with Crippen LogP contribution in [0.5, 0.6) is 0 Å². The Balaban J connectivity index is 3.88. The fraction of sp³-hybridized carbons (Fsp3) is 0.400. The Morgan fingerprint density at radius 2 is 1.80 bits per heavy atom. The molecule has 0 rings (SSSR count). The summed E-state index contributed by atoms with van der Waals surface area (Å²) in [5, 5.41) is 8.38. The minimum Gasteiger partial charge on any atom is -0.460 e. The molecule has 1 N–H and O–H groups in total. The average Bonchev–Trinajstić information content (AvgIpc) is 2.21. The Hall–Kier alpha value is -1.62. The summed E-state index contributed by atoms with van der Waals surface area (Å²) in [5.74, 6) is -1.29. The zero-order chi connectivity index (χ0) is 11.8. The monoisotopic (exact) mass is 214 g/mol. The smallest absolute Gasteiger partial charge is 0.336 e. The van der Waals surface area contributed by atoms with E-state index in [4.69, 9.17) is 5.11 Å². The Morgan fingerprint density at radius 1 is 1.20 bits per heavy atom. The van der Waals surface area contributed by atoms with Crippen LogP contribution in [0, 0.1) is 0 Å². The number of carbonyl (C=O) groups excluding carboxylic acids is 2. The molecule has 0 aromatic rings. The second-order valence-corrected chi connectivity index (χ2v) is 2.82. The molecule has 0 aliphatic heterocycles. The molecular weight excluding hydrogens is 200 g/mol. The van der Waals surface area contributed by atoms with Gasteiger partial charge >= 0.3 is 11.9 Å². The van der Waals surface area contributed by atoms with Crippen molar-refractivity contribution in [1.82, 2.24) is 0 Å². The van der Waals surface area contributed by atoms with Gasteiger partial charge in [-0.25, -0.2) is 9.59 Å². The second-order valence-electron chi connectivity index (χ2n) is 2.82. The normalized spacial score (nSPS) is 9.20. The van der Waals surface area contributed by atoms with Crippen LogP contribution in [0.3, 0.4) is 0 Å². The summed E-state index contributed by atoms with van der Waals surface area (Å²) >= 11 is 0. The van der Waals surface area contributed by atoms with E-state index in [0.717, 1.165) is 0 Å². The van der Waals surface area contributed by atoms with Crippen molar-refractivity contribution in [3.63, 3.8) is 0 Å². The van der Waals surface area contributed by atoms with Gasteiger partial charge in [0.25, 0.3) is 0 Å². The quantitative estimate of drug-likeness (QED) is 0.505. The molecule has 0 saturated carbocycles. The van der Waals surface area contributed by atoms with E-state index < -0.39 is 11.9 Å². The lowest BCUT2D eigenvalue weighted by molar-refractivity contribution is -0.142. The van der Waals surface area contributed by atoms with E-state index in [0.29, 0.717) is 0 Å². The third-order valence-corrected chi connectivity index (χ3v) is 1.34. The summed E-state index contributed by atoms with van der Waals surface area (Å²) in [6.07, 6.45) is 0. The fourth-order valence-corrected chi connectivity index (χ4v) is 0.575. The van der Waals surface area contributed by atoms with Crippen LogP contribution in [-0.2, 0) is 19.1 Å². The van der Waals surface area contributed by atoms with Crippen molar-refractivity contribution in [2.75, 3.05) is 19.8 Å². The number of rotatable bonds is 6. The summed E-state index contributed by atoms with van der Waals surface area (Å²) in [7, 11) is 0. The molecule has 0 bridgehead atoms. The van der Waals surface area contributed by atoms with Crippen LogP contribution in [0.1, 0.15) is 6.92 Å². The highest BCUT2D eigenvalue weighted by Gasteiger charge is 2.11. The van der Waals surface area contributed by atoms with Gasteiger partial charge in [0.05, 0.1) is 12.2 Å². The second kappa shape index (κ2) is 6.78. The first-order valence-corrected chi connectivity index (χ1v) is 4.27. The van der Waals surface area contributed by atoms with Crippen molar-refractivity contribution in [2.24, 2.45) is 0 Å². The van der Waals surface area contributed by atoms with Crippen molar-refractivity contribution in [1.29, 1.82) is 0 Å². The minimum absolute atomic E-state index is 0.0121. The zero-order valence-electron chi connectivity index (χ0n) is 8.62. The van der Waals surface area contributed by atoms with Gasteiger partial charge in [-0.1, -0.05) is 13.2 Å². The van der Waals surface area contributed by atoms with Gasteiger partial charge in [-0.3, -0.25) is 0 Å². The third kappa shape index (κ3) is 5.64.